The van der Waals surface area contributed by atoms with E-state index in [1.54, 1.807) is 18.3 Å². The smallest absolute Gasteiger partial charge is 0.341 e. The Morgan fingerprint density at radius 3 is 2.81 bits per heavy atom. The number of nitrogens with one attached hydrogen (secondary N) is 1. The molecule has 0 aromatic carbocycles. The zero-order valence-corrected chi connectivity index (χ0v) is 13.2. The van der Waals surface area contributed by atoms with Crippen molar-refractivity contribution in [2.24, 2.45) is 5.92 Å². The quantitative estimate of drug-likeness (QED) is 0.847. The maximum absolute atomic E-state index is 12.2. The van der Waals surface area contributed by atoms with Gasteiger partial charge in [-0.2, -0.15) is 0 Å². The van der Waals surface area contributed by atoms with Gasteiger partial charge in [0.1, 0.15) is 10.6 Å². The van der Waals surface area contributed by atoms with Crippen LogP contribution in [0.4, 0.5) is 5.00 Å². The molecule has 1 aliphatic carbocycles. The van der Waals surface area contributed by atoms with Crippen molar-refractivity contribution in [3.05, 3.63) is 28.5 Å². The van der Waals surface area contributed by atoms with E-state index in [1.165, 1.54) is 11.3 Å². The lowest BCUT2D eigenvalue weighted by atomic mass is 10.1. The molecule has 0 saturated heterocycles. The van der Waals surface area contributed by atoms with Crippen molar-refractivity contribution < 1.29 is 14.3 Å². The minimum Gasteiger partial charge on any atom is -0.462 e. The summed E-state index contributed by atoms with van der Waals surface area (Å²) >= 11 is 2.94. The van der Waals surface area contributed by atoms with Gasteiger partial charge in [-0.15, -0.1) is 22.7 Å². The molecule has 21 heavy (non-hydrogen) atoms. The maximum atomic E-state index is 12.2. The van der Waals surface area contributed by atoms with Gasteiger partial charge in [-0.05, 0) is 31.2 Å². The molecule has 0 bridgehead atoms. The van der Waals surface area contributed by atoms with Gasteiger partial charge in [0.05, 0.1) is 6.61 Å². The summed E-state index contributed by atoms with van der Waals surface area (Å²) < 4.78 is 5.14. The van der Waals surface area contributed by atoms with Crippen LogP contribution in [0.3, 0.4) is 0 Å². The number of anilines is 1. The summed E-state index contributed by atoms with van der Waals surface area (Å²) in [6, 6.07) is 3.90. The SMILES string of the molecule is CCOC(=O)c1c(-c2cccs2)csc1NC(=O)C1CC1. The average molecular weight is 321 g/mol. The van der Waals surface area contributed by atoms with E-state index in [9.17, 15) is 9.59 Å². The van der Waals surface area contributed by atoms with Crippen LogP contribution in [0.5, 0.6) is 0 Å². The van der Waals surface area contributed by atoms with Crippen LogP contribution in [0.1, 0.15) is 30.1 Å². The molecular weight excluding hydrogens is 306 g/mol. The Labute approximate surface area is 130 Å². The van der Waals surface area contributed by atoms with Crippen LogP contribution in [0.2, 0.25) is 0 Å². The van der Waals surface area contributed by atoms with Crippen LogP contribution in [0.25, 0.3) is 10.4 Å². The molecule has 2 heterocycles. The number of carbonyl (C=O) groups is 2. The van der Waals surface area contributed by atoms with Crippen LogP contribution >= 0.6 is 22.7 Å². The van der Waals surface area contributed by atoms with Crippen molar-refractivity contribution in [3.63, 3.8) is 0 Å². The molecule has 0 spiro atoms. The largest absolute Gasteiger partial charge is 0.462 e. The second-order valence-corrected chi connectivity index (χ2v) is 6.64. The van der Waals surface area contributed by atoms with Crippen molar-refractivity contribution in [1.29, 1.82) is 0 Å². The molecule has 1 saturated carbocycles. The van der Waals surface area contributed by atoms with Gasteiger partial charge in [-0.3, -0.25) is 4.79 Å². The molecule has 1 N–H and O–H groups in total. The highest BCUT2D eigenvalue weighted by atomic mass is 32.1. The van der Waals surface area contributed by atoms with E-state index in [-0.39, 0.29) is 17.8 Å². The number of amides is 1. The molecule has 4 nitrogen and oxygen atoms in total. The summed E-state index contributed by atoms with van der Waals surface area (Å²) in [5.41, 5.74) is 1.30. The van der Waals surface area contributed by atoms with Gasteiger partial charge in [0.2, 0.25) is 5.91 Å². The Morgan fingerprint density at radius 1 is 1.38 bits per heavy atom. The van der Waals surface area contributed by atoms with E-state index in [4.69, 9.17) is 4.74 Å². The average Bonchev–Trinajstić information content (AvgIpc) is 3.02. The third-order valence-electron chi connectivity index (χ3n) is 3.24. The standard InChI is InChI=1S/C15H15NO3S2/c1-2-19-15(18)12-10(11-4-3-7-20-11)8-21-14(12)16-13(17)9-5-6-9/h3-4,7-9H,2,5-6H2,1H3,(H,16,17). The lowest BCUT2D eigenvalue weighted by molar-refractivity contribution is -0.117. The number of carbonyl (C=O) groups excluding carboxylic acids is 2. The Balaban J connectivity index is 1.95. The molecule has 6 heteroatoms. The van der Waals surface area contributed by atoms with E-state index in [2.05, 4.69) is 5.32 Å². The van der Waals surface area contributed by atoms with Crippen molar-refractivity contribution in [3.8, 4) is 10.4 Å². The third-order valence-corrected chi connectivity index (χ3v) is 5.04. The molecule has 1 amide bonds. The molecule has 2 aromatic heterocycles. The molecule has 110 valence electrons. The molecule has 0 atom stereocenters. The highest BCUT2D eigenvalue weighted by Gasteiger charge is 2.31. The second kappa shape index (κ2) is 5.99. The normalized spacial score (nSPS) is 14.0. The third kappa shape index (κ3) is 3.01. The summed E-state index contributed by atoms with van der Waals surface area (Å²) in [4.78, 5) is 25.2. The Bertz CT molecular complexity index is 657. The summed E-state index contributed by atoms with van der Waals surface area (Å²) in [5, 5.41) is 7.34. The first-order valence-corrected chi connectivity index (χ1v) is 8.60. The summed E-state index contributed by atoms with van der Waals surface area (Å²) in [7, 11) is 0. The van der Waals surface area contributed by atoms with Gasteiger partial charge >= 0.3 is 5.97 Å². The van der Waals surface area contributed by atoms with E-state index in [0.717, 1.165) is 23.3 Å². The molecule has 3 rings (SSSR count). The summed E-state index contributed by atoms with van der Waals surface area (Å²) in [5.74, 6) is -0.277. The van der Waals surface area contributed by atoms with E-state index in [1.807, 2.05) is 22.9 Å². The molecule has 1 fully saturated rings. The molecule has 0 radical (unpaired) electrons. The molecule has 0 aliphatic heterocycles. The van der Waals surface area contributed by atoms with Crippen LogP contribution in [0, 0.1) is 5.92 Å². The minimum atomic E-state index is -0.381. The van der Waals surface area contributed by atoms with Crippen molar-refractivity contribution in [1.82, 2.24) is 0 Å². The van der Waals surface area contributed by atoms with Crippen LogP contribution < -0.4 is 5.32 Å². The number of hydrogen-bond donors (Lipinski definition) is 1. The Kier molecular flexibility index (Phi) is 4.07. The number of esters is 1. The predicted molar refractivity (Wildman–Crippen MR) is 84.9 cm³/mol. The fourth-order valence-corrected chi connectivity index (χ4v) is 3.80. The zero-order valence-electron chi connectivity index (χ0n) is 11.5. The number of hydrogen-bond acceptors (Lipinski definition) is 5. The van der Waals surface area contributed by atoms with Crippen molar-refractivity contribution in [2.75, 3.05) is 11.9 Å². The molecule has 1 aliphatic rings. The number of rotatable bonds is 5. The van der Waals surface area contributed by atoms with Crippen LogP contribution in [-0.4, -0.2) is 18.5 Å². The monoisotopic (exact) mass is 321 g/mol. The highest BCUT2D eigenvalue weighted by Crippen LogP contribution is 2.39. The van der Waals surface area contributed by atoms with Crippen LogP contribution in [0.15, 0.2) is 22.9 Å². The van der Waals surface area contributed by atoms with Crippen molar-refractivity contribution >= 4 is 39.6 Å². The van der Waals surface area contributed by atoms with E-state index in [0.29, 0.717) is 17.2 Å². The topological polar surface area (TPSA) is 55.4 Å². The first kappa shape index (κ1) is 14.3. The molecular formula is C15H15NO3S2. The maximum Gasteiger partial charge on any atom is 0.341 e. The summed E-state index contributed by atoms with van der Waals surface area (Å²) in [6.07, 6.45) is 1.87. The first-order valence-electron chi connectivity index (χ1n) is 6.84. The van der Waals surface area contributed by atoms with Gasteiger partial charge in [-0.1, -0.05) is 6.07 Å². The molecule has 0 unspecified atom stereocenters. The van der Waals surface area contributed by atoms with E-state index < -0.39 is 0 Å². The van der Waals surface area contributed by atoms with Crippen molar-refractivity contribution in [2.45, 2.75) is 19.8 Å². The second-order valence-electron chi connectivity index (χ2n) is 4.81. The number of ether oxygens (including phenoxy) is 1. The van der Waals surface area contributed by atoms with Gasteiger partial charge in [0.15, 0.2) is 0 Å². The lowest BCUT2D eigenvalue weighted by Crippen LogP contribution is -2.15. The first-order chi connectivity index (χ1) is 10.2. The number of thiophene rings is 2. The fourth-order valence-electron chi connectivity index (χ4n) is 2.03. The lowest BCUT2D eigenvalue weighted by Gasteiger charge is -2.07. The van der Waals surface area contributed by atoms with Gasteiger partial charge < -0.3 is 10.1 Å². The fraction of sp³-hybridized carbons (Fsp3) is 0.333. The zero-order chi connectivity index (χ0) is 14.8. The Hall–Kier alpha value is -1.66. The van der Waals surface area contributed by atoms with E-state index >= 15 is 0 Å². The Morgan fingerprint density at radius 2 is 2.19 bits per heavy atom. The van der Waals surface area contributed by atoms with Gasteiger partial charge in [0, 0.05) is 21.7 Å². The van der Waals surface area contributed by atoms with Gasteiger partial charge in [-0.25, -0.2) is 4.79 Å². The predicted octanol–water partition coefficient (Wildman–Crippen LogP) is 4.00. The van der Waals surface area contributed by atoms with Gasteiger partial charge in [0.25, 0.3) is 0 Å². The highest BCUT2D eigenvalue weighted by molar-refractivity contribution is 7.17. The minimum absolute atomic E-state index is 0.000119. The van der Waals surface area contributed by atoms with Crippen LogP contribution in [-0.2, 0) is 9.53 Å². The summed E-state index contributed by atoms with van der Waals surface area (Å²) in [6.45, 7) is 2.09. The molecule has 2 aromatic rings.